The van der Waals surface area contributed by atoms with Gasteiger partial charge < -0.3 is 14.5 Å². The molecule has 0 spiro atoms. The molecule has 3 aromatic rings. The van der Waals surface area contributed by atoms with E-state index in [4.69, 9.17) is 20.8 Å². The Balaban J connectivity index is 1.58. The van der Waals surface area contributed by atoms with Crippen molar-refractivity contribution < 1.29 is 13.9 Å². The van der Waals surface area contributed by atoms with Crippen LogP contribution in [-0.2, 0) is 4.79 Å². The maximum atomic E-state index is 12.0. The summed E-state index contributed by atoms with van der Waals surface area (Å²) in [5.74, 6) is 1.05. The normalized spacial score (nSPS) is 12.1. The van der Waals surface area contributed by atoms with Crippen molar-refractivity contribution in [2.24, 2.45) is 0 Å². The highest BCUT2D eigenvalue weighted by Crippen LogP contribution is 2.23. The summed E-state index contributed by atoms with van der Waals surface area (Å²) >= 11 is 5.87. The first kappa shape index (κ1) is 15.4. The maximum absolute atomic E-state index is 12.0. The Kier molecular flexibility index (Phi) is 4.53. The van der Waals surface area contributed by atoms with Gasteiger partial charge in [-0.15, -0.1) is 0 Å². The lowest BCUT2D eigenvalue weighted by atomic mass is 10.2. The summed E-state index contributed by atoms with van der Waals surface area (Å²) in [6, 6.07) is 16.4. The van der Waals surface area contributed by atoms with Crippen molar-refractivity contribution in [3.8, 4) is 5.75 Å². The zero-order chi connectivity index (χ0) is 16.2. The Morgan fingerprint density at radius 2 is 2.04 bits per heavy atom. The van der Waals surface area contributed by atoms with Crippen LogP contribution in [0, 0.1) is 0 Å². The summed E-state index contributed by atoms with van der Waals surface area (Å²) in [5, 5.41) is 4.43. The number of hydrogen-bond acceptors (Lipinski definition) is 3. The van der Waals surface area contributed by atoms with Gasteiger partial charge in [0.15, 0.2) is 6.61 Å². The zero-order valence-electron chi connectivity index (χ0n) is 12.6. The van der Waals surface area contributed by atoms with Crippen LogP contribution in [0.2, 0.25) is 5.02 Å². The summed E-state index contributed by atoms with van der Waals surface area (Å²) in [7, 11) is 0. The van der Waals surface area contributed by atoms with Gasteiger partial charge in [0.2, 0.25) is 0 Å². The number of para-hydroxylation sites is 1. The van der Waals surface area contributed by atoms with Crippen molar-refractivity contribution in [1.29, 1.82) is 0 Å². The van der Waals surface area contributed by atoms with E-state index in [1.807, 2.05) is 37.3 Å². The van der Waals surface area contributed by atoms with Gasteiger partial charge in [0.05, 0.1) is 6.04 Å². The average molecular weight is 330 g/mol. The van der Waals surface area contributed by atoms with Crippen LogP contribution in [0.25, 0.3) is 11.0 Å². The predicted octanol–water partition coefficient (Wildman–Crippen LogP) is 4.34. The molecule has 0 fully saturated rings. The number of nitrogens with one attached hydrogen (secondary N) is 1. The molecule has 5 heteroatoms. The van der Waals surface area contributed by atoms with Gasteiger partial charge in [-0.25, -0.2) is 0 Å². The molecule has 0 aliphatic rings. The van der Waals surface area contributed by atoms with Crippen LogP contribution in [0.3, 0.4) is 0 Å². The van der Waals surface area contributed by atoms with Gasteiger partial charge in [0.1, 0.15) is 17.1 Å². The fraction of sp³-hybridized carbons (Fsp3) is 0.167. The number of benzene rings is 2. The lowest BCUT2D eigenvalue weighted by Gasteiger charge is -2.12. The first-order valence-corrected chi connectivity index (χ1v) is 7.66. The van der Waals surface area contributed by atoms with E-state index >= 15 is 0 Å². The topological polar surface area (TPSA) is 51.5 Å². The van der Waals surface area contributed by atoms with E-state index in [0.29, 0.717) is 16.5 Å². The molecule has 0 aliphatic heterocycles. The number of ether oxygens (including phenoxy) is 1. The van der Waals surface area contributed by atoms with E-state index in [-0.39, 0.29) is 18.6 Å². The molecule has 1 heterocycles. The molecule has 1 N–H and O–H groups in total. The highest BCUT2D eigenvalue weighted by Gasteiger charge is 2.14. The van der Waals surface area contributed by atoms with Crippen molar-refractivity contribution in [1.82, 2.24) is 5.32 Å². The number of amides is 1. The predicted molar refractivity (Wildman–Crippen MR) is 89.7 cm³/mol. The molecular weight excluding hydrogens is 314 g/mol. The Bertz CT molecular complexity index is 795. The quantitative estimate of drug-likeness (QED) is 0.757. The maximum Gasteiger partial charge on any atom is 0.258 e. The van der Waals surface area contributed by atoms with Crippen LogP contribution in [0.5, 0.6) is 5.75 Å². The molecule has 0 bridgehead atoms. The van der Waals surface area contributed by atoms with E-state index in [2.05, 4.69) is 5.32 Å². The van der Waals surface area contributed by atoms with Crippen LogP contribution in [-0.4, -0.2) is 12.5 Å². The molecular formula is C18H16ClNO3. The molecule has 1 unspecified atom stereocenters. The number of hydrogen-bond donors (Lipinski definition) is 1. The molecule has 3 rings (SSSR count). The minimum atomic E-state index is -0.238. The fourth-order valence-corrected chi connectivity index (χ4v) is 2.46. The van der Waals surface area contributed by atoms with Crippen LogP contribution in [0.4, 0.5) is 0 Å². The van der Waals surface area contributed by atoms with E-state index in [0.717, 1.165) is 11.0 Å². The van der Waals surface area contributed by atoms with E-state index < -0.39 is 0 Å². The van der Waals surface area contributed by atoms with E-state index in [1.165, 1.54) is 0 Å². The Morgan fingerprint density at radius 1 is 1.22 bits per heavy atom. The van der Waals surface area contributed by atoms with Gasteiger partial charge in [-0.3, -0.25) is 4.79 Å². The van der Waals surface area contributed by atoms with Crippen molar-refractivity contribution in [3.05, 3.63) is 65.4 Å². The van der Waals surface area contributed by atoms with E-state index in [1.54, 1.807) is 24.3 Å². The van der Waals surface area contributed by atoms with Gasteiger partial charge in [-0.2, -0.15) is 0 Å². The van der Waals surface area contributed by atoms with Crippen LogP contribution in [0.1, 0.15) is 18.7 Å². The Labute approximate surface area is 139 Å². The third-order valence-electron chi connectivity index (χ3n) is 3.41. The third kappa shape index (κ3) is 3.85. The molecule has 0 saturated carbocycles. The SMILES string of the molecule is CC(NC(=O)COc1cccc(Cl)c1)c1cc2ccccc2o1. The zero-order valence-corrected chi connectivity index (χ0v) is 13.3. The summed E-state index contributed by atoms with van der Waals surface area (Å²) in [5.41, 5.74) is 0.804. The molecule has 0 saturated heterocycles. The Hall–Kier alpha value is -2.46. The molecule has 0 aliphatic carbocycles. The van der Waals surface area contributed by atoms with Crippen molar-refractivity contribution >= 4 is 28.5 Å². The standard InChI is InChI=1S/C18H16ClNO3/c1-12(17-9-13-5-2-3-8-16(13)23-17)20-18(21)11-22-15-7-4-6-14(19)10-15/h2-10,12H,11H2,1H3,(H,20,21). The largest absolute Gasteiger partial charge is 0.484 e. The van der Waals surface area contributed by atoms with Gasteiger partial charge in [0.25, 0.3) is 5.91 Å². The van der Waals surface area contributed by atoms with Crippen molar-refractivity contribution in [2.45, 2.75) is 13.0 Å². The minimum absolute atomic E-state index is 0.0785. The molecule has 0 radical (unpaired) electrons. The lowest BCUT2D eigenvalue weighted by Crippen LogP contribution is -2.31. The van der Waals surface area contributed by atoms with Gasteiger partial charge in [0, 0.05) is 10.4 Å². The number of furan rings is 1. The Morgan fingerprint density at radius 3 is 2.83 bits per heavy atom. The van der Waals surface area contributed by atoms with Crippen molar-refractivity contribution in [2.75, 3.05) is 6.61 Å². The molecule has 2 aromatic carbocycles. The second-order valence-corrected chi connectivity index (χ2v) is 5.66. The van der Waals surface area contributed by atoms with E-state index in [9.17, 15) is 4.79 Å². The van der Waals surface area contributed by atoms with Crippen LogP contribution < -0.4 is 10.1 Å². The second-order valence-electron chi connectivity index (χ2n) is 5.22. The van der Waals surface area contributed by atoms with Crippen molar-refractivity contribution in [3.63, 3.8) is 0 Å². The molecule has 1 amide bonds. The molecule has 118 valence electrons. The number of halogens is 1. The molecule has 1 aromatic heterocycles. The summed E-state index contributed by atoms with van der Waals surface area (Å²) in [6.45, 7) is 1.79. The average Bonchev–Trinajstić information content (AvgIpc) is 2.97. The van der Waals surface area contributed by atoms with Gasteiger partial charge >= 0.3 is 0 Å². The third-order valence-corrected chi connectivity index (χ3v) is 3.65. The monoisotopic (exact) mass is 329 g/mol. The van der Waals surface area contributed by atoms with Gasteiger partial charge in [-0.05, 0) is 37.3 Å². The molecule has 23 heavy (non-hydrogen) atoms. The molecule has 1 atom stereocenters. The number of rotatable bonds is 5. The van der Waals surface area contributed by atoms with Gasteiger partial charge in [-0.1, -0.05) is 35.9 Å². The number of carbonyl (C=O) groups is 1. The fourth-order valence-electron chi connectivity index (χ4n) is 2.28. The summed E-state index contributed by atoms with van der Waals surface area (Å²) in [4.78, 5) is 12.0. The molecule has 4 nitrogen and oxygen atoms in total. The number of carbonyl (C=O) groups excluding carboxylic acids is 1. The number of fused-ring (bicyclic) bond motifs is 1. The van der Waals surface area contributed by atoms with Crippen LogP contribution in [0.15, 0.2) is 59.0 Å². The highest BCUT2D eigenvalue weighted by molar-refractivity contribution is 6.30. The minimum Gasteiger partial charge on any atom is -0.484 e. The highest BCUT2D eigenvalue weighted by atomic mass is 35.5. The first-order chi connectivity index (χ1) is 11.1. The lowest BCUT2D eigenvalue weighted by molar-refractivity contribution is -0.123. The van der Waals surface area contributed by atoms with Crippen LogP contribution >= 0.6 is 11.6 Å². The smallest absolute Gasteiger partial charge is 0.258 e. The second kappa shape index (κ2) is 6.75. The summed E-state index contributed by atoms with van der Waals surface area (Å²) in [6.07, 6.45) is 0. The first-order valence-electron chi connectivity index (χ1n) is 7.28. The summed E-state index contributed by atoms with van der Waals surface area (Å²) < 4.78 is 11.2.